The first-order valence-electron chi connectivity index (χ1n) is 7.47. The molecule has 0 aromatic carbocycles. The number of aromatic amines is 1. The summed E-state index contributed by atoms with van der Waals surface area (Å²) in [6, 6.07) is 1.83. The van der Waals surface area contributed by atoms with Gasteiger partial charge in [0.05, 0.1) is 24.2 Å². The molecule has 3 aromatic heterocycles. The topological polar surface area (TPSA) is 77.9 Å². The number of nitrogens with one attached hydrogen (secondary N) is 1. The summed E-state index contributed by atoms with van der Waals surface area (Å²) in [5.74, 6) is 0.966. The van der Waals surface area contributed by atoms with Gasteiger partial charge in [0.1, 0.15) is 22.6 Å². The van der Waals surface area contributed by atoms with Gasteiger partial charge in [-0.25, -0.2) is 9.97 Å². The molecule has 0 atom stereocenters. The third-order valence-corrected chi connectivity index (χ3v) is 5.89. The number of thiophene rings is 1. The molecule has 1 fully saturated rings. The molecule has 0 bridgehead atoms. The van der Waals surface area contributed by atoms with Gasteiger partial charge in [-0.15, -0.1) is 11.3 Å². The zero-order chi connectivity index (χ0) is 14.7. The van der Waals surface area contributed by atoms with Crippen molar-refractivity contribution < 1.29 is 5.11 Å². The average Bonchev–Trinajstić information content (AvgIpc) is 3.19. The van der Waals surface area contributed by atoms with E-state index in [1.165, 1.54) is 22.2 Å². The van der Waals surface area contributed by atoms with Gasteiger partial charge < -0.3 is 10.0 Å². The van der Waals surface area contributed by atoms with Crippen LogP contribution < -0.4 is 4.90 Å². The van der Waals surface area contributed by atoms with Crippen molar-refractivity contribution in [1.82, 2.24) is 20.2 Å². The van der Waals surface area contributed by atoms with Crippen LogP contribution in [0.2, 0.25) is 0 Å². The second-order valence-electron chi connectivity index (χ2n) is 6.09. The molecule has 3 aromatic rings. The van der Waals surface area contributed by atoms with Gasteiger partial charge in [0.15, 0.2) is 0 Å². The van der Waals surface area contributed by atoms with Crippen LogP contribution in [0.25, 0.3) is 10.2 Å². The van der Waals surface area contributed by atoms with Crippen LogP contribution in [0.5, 0.6) is 0 Å². The second kappa shape index (κ2) is 4.27. The van der Waals surface area contributed by atoms with Gasteiger partial charge in [-0.05, 0) is 30.9 Å². The Balaban J connectivity index is 1.54. The van der Waals surface area contributed by atoms with E-state index in [1.807, 2.05) is 6.07 Å². The smallest absolute Gasteiger partial charge is 0.141 e. The zero-order valence-corrected chi connectivity index (χ0v) is 12.7. The standard InChI is InChI=1S/C15H15N5OS/c21-15(11-4-5-18-19-11)6-20(7-15)13-12-9-2-1-3-10(9)22-14(12)17-8-16-13/h4-5,8,21H,1-3,6-7H2,(H,18,19). The largest absolute Gasteiger partial charge is 0.380 e. The molecule has 0 spiro atoms. The highest BCUT2D eigenvalue weighted by Crippen LogP contribution is 2.43. The number of β-amino-alcohol motifs (C(OH)–C–C–N with tert-alkyl or cyclic N) is 1. The molecule has 0 radical (unpaired) electrons. The molecule has 1 aliphatic heterocycles. The van der Waals surface area contributed by atoms with E-state index in [-0.39, 0.29) is 0 Å². The Morgan fingerprint density at radius 2 is 2.18 bits per heavy atom. The Bertz CT molecular complexity index is 850. The van der Waals surface area contributed by atoms with Crippen molar-refractivity contribution >= 4 is 27.4 Å². The lowest BCUT2D eigenvalue weighted by molar-refractivity contribution is 0.00307. The van der Waals surface area contributed by atoms with Crippen molar-refractivity contribution in [3.8, 4) is 0 Å². The summed E-state index contributed by atoms with van der Waals surface area (Å²) in [5.41, 5.74) is 1.34. The normalized spacial score (nSPS) is 19.4. The number of fused-ring (bicyclic) bond motifs is 3. The Morgan fingerprint density at radius 1 is 1.27 bits per heavy atom. The van der Waals surface area contributed by atoms with E-state index in [0.29, 0.717) is 13.1 Å². The van der Waals surface area contributed by atoms with Gasteiger partial charge in [0.2, 0.25) is 0 Å². The SMILES string of the molecule is OC1(c2ccn[nH]2)CN(c2ncnc3sc4c(c23)CCC4)C1. The number of nitrogens with zero attached hydrogens (tertiary/aromatic N) is 4. The Morgan fingerprint density at radius 3 is 3.00 bits per heavy atom. The monoisotopic (exact) mass is 313 g/mol. The number of rotatable bonds is 2. The van der Waals surface area contributed by atoms with E-state index in [9.17, 15) is 5.11 Å². The molecule has 112 valence electrons. The minimum absolute atomic E-state index is 0.534. The maximum atomic E-state index is 10.7. The second-order valence-corrected chi connectivity index (χ2v) is 7.18. The lowest BCUT2D eigenvalue weighted by Crippen LogP contribution is -2.60. The number of hydrogen-bond donors (Lipinski definition) is 2. The van der Waals surface area contributed by atoms with E-state index in [4.69, 9.17) is 0 Å². The van der Waals surface area contributed by atoms with Crippen LogP contribution in [0.15, 0.2) is 18.6 Å². The number of anilines is 1. The van der Waals surface area contributed by atoms with E-state index >= 15 is 0 Å². The molecule has 1 saturated heterocycles. The highest BCUT2D eigenvalue weighted by molar-refractivity contribution is 7.19. The van der Waals surface area contributed by atoms with E-state index in [1.54, 1.807) is 23.9 Å². The van der Waals surface area contributed by atoms with Crippen LogP contribution in [0.4, 0.5) is 5.82 Å². The molecule has 6 nitrogen and oxygen atoms in total. The highest BCUT2D eigenvalue weighted by atomic mass is 32.1. The van der Waals surface area contributed by atoms with Gasteiger partial charge in [0.25, 0.3) is 0 Å². The third kappa shape index (κ3) is 1.60. The fourth-order valence-electron chi connectivity index (χ4n) is 3.57. The van der Waals surface area contributed by atoms with Crippen molar-refractivity contribution in [2.75, 3.05) is 18.0 Å². The quantitative estimate of drug-likeness (QED) is 0.751. The predicted molar refractivity (Wildman–Crippen MR) is 84.1 cm³/mol. The van der Waals surface area contributed by atoms with Gasteiger partial charge in [-0.2, -0.15) is 5.10 Å². The van der Waals surface area contributed by atoms with Crippen molar-refractivity contribution in [1.29, 1.82) is 0 Å². The fraction of sp³-hybridized carbons (Fsp3) is 0.400. The zero-order valence-electron chi connectivity index (χ0n) is 11.9. The molecule has 0 saturated carbocycles. The number of aromatic nitrogens is 4. The molecular weight excluding hydrogens is 298 g/mol. The van der Waals surface area contributed by atoms with Crippen LogP contribution in [0.3, 0.4) is 0 Å². The number of hydrogen-bond acceptors (Lipinski definition) is 6. The van der Waals surface area contributed by atoms with E-state index < -0.39 is 5.60 Å². The average molecular weight is 313 g/mol. The molecule has 1 aliphatic carbocycles. The summed E-state index contributed by atoms with van der Waals surface area (Å²) in [5, 5.41) is 18.7. The number of aliphatic hydroxyl groups is 1. The molecular formula is C15H15N5OS. The summed E-state index contributed by atoms with van der Waals surface area (Å²) in [4.78, 5) is 13.6. The molecule has 7 heteroatoms. The first kappa shape index (κ1) is 12.5. The van der Waals surface area contributed by atoms with Crippen LogP contribution in [-0.2, 0) is 18.4 Å². The summed E-state index contributed by atoms with van der Waals surface area (Å²) < 4.78 is 0. The summed E-state index contributed by atoms with van der Waals surface area (Å²) in [6.45, 7) is 1.07. The maximum Gasteiger partial charge on any atom is 0.141 e. The van der Waals surface area contributed by atoms with E-state index in [0.717, 1.165) is 29.2 Å². The Hall–Kier alpha value is -1.99. The van der Waals surface area contributed by atoms with Crippen LogP contribution in [0, 0.1) is 0 Å². The minimum Gasteiger partial charge on any atom is -0.380 e. The first-order chi connectivity index (χ1) is 10.7. The van der Waals surface area contributed by atoms with Gasteiger partial charge >= 0.3 is 0 Å². The van der Waals surface area contributed by atoms with Crippen molar-refractivity contribution in [2.45, 2.75) is 24.9 Å². The third-order valence-electron chi connectivity index (χ3n) is 4.69. The van der Waals surface area contributed by atoms with Gasteiger partial charge in [-0.3, -0.25) is 5.10 Å². The predicted octanol–water partition coefficient (Wildman–Crippen LogP) is 1.61. The first-order valence-corrected chi connectivity index (χ1v) is 8.29. The van der Waals surface area contributed by atoms with Gasteiger partial charge in [0, 0.05) is 11.1 Å². The highest BCUT2D eigenvalue weighted by Gasteiger charge is 2.45. The van der Waals surface area contributed by atoms with Gasteiger partial charge in [-0.1, -0.05) is 0 Å². The summed E-state index contributed by atoms with van der Waals surface area (Å²) in [7, 11) is 0. The summed E-state index contributed by atoms with van der Waals surface area (Å²) in [6.07, 6.45) is 6.81. The fourth-order valence-corrected chi connectivity index (χ4v) is 4.80. The lowest BCUT2D eigenvalue weighted by Gasteiger charge is -2.46. The molecule has 0 unspecified atom stereocenters. The Labute approximate surface area is 130 Å². The number of H-pyrrole nitrogens is 1. The van der Waals surface area contributed by atoms with Crippen LogP contribution in [0.1, 0.15) is 22.6 Å². The van der Waals surface area contributed by atoms with Crippen molar-refractivity contribution in [3.05, 3.63) is 34.7 Å². The molecule has 2 aliphatic rings. The molecule has 4 heterocycles. The molecule has 2 N–H and O–H groups in total. The molecule has 22 heavy (non-hydrogen) atoms. The van der Waals surface area contributed by atoms with Crippen LogP contribution in [-0.4, -0.2) is 38.4 Å². The molecule has 5 rings (SSSR count). The van der Waals surface area contributed by atoms with Crippen LogP contribution >= 0.6 is 11.3 Å². The lowest BCUT2D eigenvalue weighted by atomic mass is 9.90. The van der Waals surface area contributed by atoms with E-state index in [2.05, 4.69) is 25.1 Å². The summed E-state index contributed by atoms with van der Waals surface area (Å²) >= 11 is 1.79. The Kier molecular flexibility index (Phi) is 2.43. The minimum atomic E-state index is -0.854. The van der Waals surface area contributed by atoms with Crippen molar-refractivity contribution in [3.63, 3.8) is 0 Å². The van der Waals surface area contributed by atoms with Crippen molar-refractivity contribution in [2.24, 2.45) is 0 Å². The molecule has 0 amide bonds. The maximum absolute atomic E-state index is 10.7. The number of aryl methyl sites for hydroxylation is 2.